The summed E-state index contributed by atoms with van der Waals surface area (Å²) in [6.45, 7) is 2.20. The third kappa shape index (κ3) is 2.44. The normalized spacial score (nSPS) is 12.3. The van der Waals surface area contributed by atoms with Crippen LogP contribution in [0.25, 0.3) is 21.9 Å². The first-order chi connectivity index (χ1) is 9.87. The summed E-state index contributed by atoms with van der Waals surface area (Å²) >= 11 is 0. The van der Waals surface area contributed by atoms with Crippen LogP contribution in [0.2, 0.25) is 0 Å². The quantitative estimate of drug-likeness (QED) is 0.792. The molecule has 2 N–H and O–H groups in total. The smallest absolute Gasteiger partial charge is 0.152 e. The maximum atomic E-state index is 11.4. The van der Waals surface area contributed by atoms with Crippen LogP contribution in [0.4, 0.5) is 5.82 Å². The number of imidazole rings is 1. The average molecular weight is 304 g/mol. The van der Waals surface area contributed by atoms with Gasteiger partial charge in [-0.3, -0.25) is 0 Å². The lowest BCUT2D eigenvalue weighted by atomic mass is 10.2. The number of pyridine rings is 1. The summed E-state index contributed by atoms with van der Waals surface area (Å²) in [4.78, 5) is 8.79. The molecular weight excluding hydrogens is 288 g/mol. The number of para-hydroxylation sites is 1. The number of sulfone groups is 1. The lowest BCUT2D eigenvalue weighted by molar-refractivity contribution is 0.595. The van der Waals surface area contributed by atoms with Crippen LogP contribution in [-0.4, -0.2) is 35.0 Å². The molecule has 0 radical (unpaired) electrons. The number of aryl methyl sites for hydroxylation is 2. The molecule has 0 amide bonds. The summed E-state index contributed by atoms with van der Waals surface area (Å²) in [6.07, 6.45) is 1.23. The molecule has 3 rings (SSSR count). The largest absolute Gasteiger partial charge is 0.382 e. The van der Waals surface area contributed by atoms with Crippen LogP contribution in [0, 0.1) is 6.92 Å². The van der Waals surface area contributed by atoms with Gasteiger partial charge in [0.2, 0.25) is 0 Å². The first-order valence-electron chi connectivity index (χ1n) is 6.55. The lowest BCUT2D eigenvalue weighted by Crippen LogP contribution is -2.12. The summed E-state index contributed by atoms with van der Waals surface area (Å²) in [5.74, 6) is 1.17. The molecule has 6 nitrogen and oxygen atoms in total. The molecule has 0 aliphatic heterocycles. The topological polar surface area (TPSA) is 90.9 Å². The zero-order valence-corrected chi connectivity index (χ0v) is 12.7. The van der Waals surface area contributed by atoms with Crippen molar-refractivity contribution in [3.05, 3.63) is 30.1 Å². The van der Waals surface area contributed by atoms with Crippen molar-refractivity contribution < 1.29 is 8.42 Å². The van der Waals surface area contributed by atoms with Crippen molar-refractivity contribution in [2.75, 3.05) is 17.7 Å². The van der Waals surface area contributed by atoms with E-state index >= 15 is 0 Å². The van der Waals surface area contributed by atoms with E-state index in [2.05, 4.69) is 9.97 Å². The molecule has 0 unspecified atom stereocenters. The zero-order valence-electron chi connectivity index (χ0n) is 11.9. The van der Waals surface area contributed by atoms with Gasteiger partial charge in [-0.2, -0.15) is 0 Å². The van der Waals surface area contributed by atoms with E-state index in [1.165, 1.54) is 6.26 Å². The third-order valence-corrected chi connectivity index (χ3v) is 4.41. The highest BCUT2D eigenvalue weighted by Gasteiger charge is 2.16. The average Bonchev–Trinajstić information content (AvgIpc) is 2.73. The Morgan fingerprint density at radius 1 is 1.24 bits per heavy atom. The summed E-state index contributed by atoms with van der Waals surface area (Å²) in [6, 6.07) is 7.64. The van der Waals surface area contributed by atoms with Gasteiger partial charge in [-0.1, -0.05) is 18.2 Å². The molecule has 0 bridgehead atoms. The van der Waals surface area contributed by atoms with Gasteiger partial charge < -0.3 is 10.3 Å². The Kier molecular flexibility index (Phi) is 3.09. The number of nitrogen functional groups attached to an aromatic ring is 1. The highest BCUT2D eigenvalue weighted by molar-refractivity contribution is 7.90. The van der Waals surface area contributed by atoms with Crippen LogP contribution in [-0.2, 0) is 16.4 Å². The van der Waals surface area contributed by atoms with Crippen LogP contribution < -0.4 is 5.73 Å². The third-order valence-electron chi connectivity index (χ3n) is 3.49. The fourth-order valence-electron chi connectivity index (χ4n) is 2.50. The second-order valence-corrected chi connectivity index (χ2v) is 7.41. The Labute approximate surface area is 122 Å². The van der Waals surface area contributed by atoms with Crippen LogP contribution in [0.5, 0.6) is 0 Å². The van der Waals surface area contributed by atoms with Crippen molar-refractivity contribution in [2.24, 2.45) is 0 Å². The van der Waals surface area contributed by atoms with Gasteiger partial charge in [0, 0.05) is 18.2 Å². The lowest BCUT2D eigenvalue weighted by Gasteiger charge is -2.08. The summed E-state index contributed by atoms with van der Waals surface area (Å²) in [5.41, 5.74) is 8.23. The molecule has 0 saturated carbocycles. The number of nitrogens with two attached hydrogens (primary N) is 1. The molecule has 3 aromatic rings. The fourth-order valence-corrected chi connectivity index (χ4v) is 3.02. The number of anilines is 1. The SMILES string of the molecule is Cc1nc2c(N)nc3ccccc3c2n1CCS(C)(=O)=O. The summed E-state index contributed by atoms with van der Waals surface area (Å²) in [5, 5.41) is 0.927. The Morgan fingerprint density at radius 2 is 1.95 bits per heavy atom. The van der Waals surface area contributed by atoms with Gasteiger partial charge in [0.15, 0.2) is 5.82 Å². The highest BCUT2D eigenvalue weighted by Crippen LogP contribution is 2.28. The molecular formula is C14H16N4O2S. The molecule has 7 heteroatoms. The molecule has 21 heavy (non-hydrogen) atoms. The Hall–Kier alpha value is -2.15. The van der Waals surface area contributed by atoms with E-state index in [-0.39, 0.29) is 5.75 Å². The van der Waals surface area contributed by atoms with E-state index in [4.69, 9.17) is 5.73 Å². The minimum atomic E-state index is -3.04. The minimum absolute atomic E-state index is 0.0653. The van der Waals surface area contributed by atoms with E-state index in [1.807, 2.05) is 35.8 Å². The van der Waals surface area contributed by atoms with E-state index < -0.39 is 9.84 Å². The number of fused-ring (bicyclic) bond motifs is 3. The van der Waals surface area contributed by atoms with Crippen molar-refractivity contribution >= 4 is 37.6 Å². The van der Waals surface area contributed by atoms with Crippen molar-refractivity contribution in [1.29, 1.82) is 0 Å². The van der Waals surface area contributed by atoms with Gasteiger partial charge in [-0.05, 0) is 13.0 Å². The van der Waals surface area contributed by atoms with E-state index in [0.717, 1.165) is 22.2 Å². The number of rotatable bonds is 3. The Bertz CT molecular complexity index is 944. The van der Waals surface area contributed by atoms with E-state index in [1.54, 1.807) is 0 Å². The van der Waals surface area contributed by atoms with Crippen molar-refractivity contribution in [3.63, 3.8) is 0 Å². The first-order valence-corrected chi connectivity index (χ1v) is 8.61. The maximum Gasteiger partial charge on any atom is 0.152 e. The van der Waals surface area contributed by atoms with Crippen molar-refractivity contribution in [2.45, 2.75) is 13.5 Å². The van der Waals surface area contributed by atoms with Crippen molar-refractivity contribution in [1.82, 2.24) is 14.5 Å². The van der Waals surface area contributed by atoms with Gasteiger partial charge in [-0.15, -0.1) is 0 Å². The number of benzene rings is 1. The van der Waals surface area contributed by atoms with Crippen LogP contribution in [0.15, 0.2) is 24.3 Å². The fraction of sp³-hybridized carbons (Fsp3) is 0.286. The van der Waals surface area contributed by atoms with Gasteiger partial charge in [-0.25, -0.2) is 18.4 Å². The molecule has 2 heterocycles. The second-order valence-electron chi connectivity index (χ2n) is 5.15. The Morgan fingerprint density at radius 3 is 2.67 bits per heavy atom. The molecule has 1 aromatic carbocycles. The number of aromatic nitrogens is 3. The summed E-state index contributed by atoms with van der Waals surface area (Å²) < 4.78 is 24.8. The van der Waals surface area contributed by atoms with Crippen LogP contribution >= 0.6 is 0 Å². The molecule has 0 fully saturated rings. The zero-order chi connectivity index (χ0) is 15.2. The van der Waals surface area contributed by atoms with Crippen LogP contribution in [0.3, 0.4) is 0 Å². The standard InChI is InChI=1S/C14H16N4O2S/c1-9-16-12-13(18(9)7-8-21(2,19)20)10-5-3-4-6-11(10)17-14(12)15/h3-6H,7-8H2,1-2H3,(H2,15,17). The van der Waals surface area contributed by atoms with Gasteiger partial charge in [0.05, 0.1) is 16.8 Å². The van der Waals surface area contributed by atoms with Gasteiger partial charge >= 0.3 is 0 Å². The molecule has 0 aliphatic rings. The molecule has 110 valence electrons. The molecule has 0 aliphatic carbocycles. The molecule has 0 spiro atoms. The molecule has 2 aromatic heterocycles. The Balaban J connectivity index is 2.31. The van der Waals surface area contributed by atoms with Gasteiger partial charge in [0.25, 0.3) is 0 Å². The minimum Gasteiger partial charge on any atom is -0.382 e. The van der Waals surface area contributed by atoms with Crippen molar-refractivity contribution in [3.8, 4) is 0 Å². The number of hydrogen-bond acceptors (Lipinski definition) is 5. The van der Waals surface area contributed by atoms with Gasteiger partial charge in [0.1, 0.15) is 21.2 Å². The predicted octanol–water partition coefficient (Wildman–Crippen LogP) is 1.52. The molecule has 0 saturated heterocycles. The summed E-state index contributed by atoms with van der Waals surface area (Å²) in [7, 11) is -3.04. The predicted molar refractivity (Wildman–Crippen MR) is 83.9 cm³/mol. The molecule has 0 atom stereocenters. The van der Waals surface area contributed by atoms with E-state index in [0.29, 0.717) is 17.9 Å². The number of nitrogens with zero attached hydrogens (tertiary/aromatic N) is 3. The number of hydrogen-bond donors (Lipinski definition) is 1. The van der Waals surface area contributed by atoms with E-state index in [9.17, 15) is 8.42 Å². The highest BCUT2D eigenvalue weighted by atomic mass is 32.2. The van der Waals surface area contributed by atoms with Crippen LogP contribution in [0.1, 0.15) is 5.82 Å². The first kappa shape index (κ1) is 13.8. The maximum absolute atomic E-state index is 11.4. The monoisotopic (exact) mass is 304 g/mol. The second kappa shape index (κ2) is 4.70.